The Labute approximate surface area is 176 Å². The first kappa shape index (κ1) is 20.8. The summed E-state index contributed by atoms with van der Waals surface area (Å²) in [4.78, 5) is 11.7. The average Bonchev–Trinajstić information content (AvgIpc) is 3.00. The summed E-state index contributed by atoms with van der Waals surface area (Å²) in [6, 6.07) is 12.3. The molecular formula is C23H22F3NO2S. The molecule has 4 rings (SSSR count). The summed E-state index contributed by atoms with van der Waals surface area (Å²) < 4.78 is 43.4. The summed E-state index contributed by atoms with van der Waals surface area (Å²) in [7, 11) is 0. The molecule has 1 N–H and O–H groups in total. The summed E-state index contributed by atoms with van der Waals surface area (Å²) in [6.07, 6.45) is -0.936. The molecule has 3 nitrogen and oxygen atoms in total. The number of thioether (sulfide) groups is 1. The highest BCUT2D eigenvalue weighted by molar-refractivity contribution is 7.98. The first-order chi connectivity index (χ1) is 14.3. The number of fused-ring (bicyclic) bond motifs is 3. The molecule has 0 aliphatic carbocycles. The van der Waals surface area contributed by atoms with Crippen LogP contribution >= 0.6 is 11.8 Å². The Balaban J connectivity index is 1.80. The molecule has 0 spiro atoms. The van der Waals surface area contributed by atoms with Crippen LogP contribution in [0, 0.1) is 5.92 Å². The molecule has 7 heteroatoms. The Hall–Kier alpha value is -2.41. The fraction of sp³-hybridized carbons (Fsp3) is 0.348. The molecule has 0 fully saturated rings. The van der Waals surface area contributed by atoms with Gasteiger partial charge in [0.05, 0.1) is 5.56 Å². The van der Waals surface area contributed by atoms with Gasteiger partial charge in [-0.05, 0) is 54.3 Å². The minimum atomic E-state index is -4.41. The molecule has 1 aromatic heterocycles. The number of hydrogen-bond acceptors (Lipinski definition) is 2. The second kappa shape index (κ2) is 8.02. The van der Waals surface area contributed by atoms with E-state index in [1.807, 2.05) is 24.3 Å². The third-order valence-corrected chi connectivity index (χ3v) is 6.60. The number of nitrogens with zero attached hydrogens (tertiary/aromatic N) is 1. The molecule has 0 saturated heterocycles. The first-order valence-electron chi connectivity index (χ1n) is 9.82. The minimum absolute atomic E-state index is 0.0326. The number of halogens is 3. The fourth-order valence-corrected chi connectivity index (χ4v) is 4.95. The van der Waals surface area contributed by atoms with E-state index < -0.39 is 17.7 Å². The van der Waals surface area contributed by atoms with Gasteiger partial charge in [0.15, 0.2) is 0 Å². The Bertz CT molecular complexity index is 1100. The van der Waals surface area contributed by atoms with Crippen LogP contribution in [-0.4, -0.2) is 21.9 Å². The van der Waals surface area contributed by atoms with Gasteiger partial charge < -0.3 is 9.67 Å². The second-order valence-corrected chi connectivity index (χ2v) is 8.63. The van der Waals surface area contributed by atoms with Crippen molar-refractivity contribution in [1.82, 2.24) is 4.57 Å². The second-order valence-electron chi connectivity index (χ2n) is 7.75. The van der Waals surface area contributed by atoms with Gasteiger partial charge in [-0.25, -0.2) is 0 Å². The Morgan fingerprint density at radius 1 is 1.23 bits per heavy atom. The zero-order chi connectivity index (χ0) is 21.5. The minimum Gasteiger partial charge on any atom is -0.481 e. The van der Waals surface area contributed by atoms with Crippen LogP contribution in [0.5, 0.6) is 0 Å². The smallest absolute Gasteiger partial charge is 0.416 e. The van der Waals surface area contributed by atoms with Crippen LogP contribution in [0.4, 0.5) is 13.2 Å². The lowest BCUT2D eigenvalue weighted by Crippen LogP contribution is -2.22. The standard InChI is InChI=1S/C23H22F3NO2S/c1-30-16-8-7-15(19(12-16)23(24,25)26)11-18-17-4-2-3-5-20(17)27-13-14(10-22(28)29)6-9-21(18)27/h2-5,7-8,12,14H,6,9-11,13H2,1H3,(H,28,29). The Kier molecular flexibility index (Phi) is 5.57. The van der Waals surface area contributed by atoms with E-state index in [4.69, 9.17) is 5.11 Å². The van der Waals surface area contributed by atoms with E-state index >= 15 is 0 Å². The van der Waals surface area contributed by atoms with Crippen molar-refractivity contribution < 1.29 is 23.1 Å². The maximum absolute atomic E-state index is 13.7. The number of carboxylic acids is 1. The molecule has 1 unspecified atom stereocenters. The van der Waals surface area contributed by atoms with Crippen molar-refractivity contribution in [3.8, 4) is 0 Å². The largest absolute Gasteiger partial charge is 0.481 e. The number of para-hydroxylation sites is 1. The van der Waals surface area contributed by atoms with Gasteiger partial charge in [0.25, 0.3) is 0 Å². The zero-order valence-electron chi connectivity index (χ0n) is 16.5. The number of aliphatic carboxylic acids is 1. The molecule has 158 valence electrons. The molecule has 0 amide bonds. The third-order valence-electron chi connectivity index (χ3n) is 5.88. The number of alkyl halides is 3. The van der Waals surface area contributed by atoms with Gasteiger partial charge in [0, 0.05) is 40.9 Å². The van der Waals surface area contributed by atoms with Crippen LogP contribution in [0.15, 0.2) is 47.4 Å². The average molecular weight is 433 g/mol. The molecule has 2 heterocycles. The molecule has 3 aromatic rings. The summed E-state index contributed by atoms with van der Waals surface area (Å²) in [5.41, 5.74) is 2.60. The maximum atomic E-state index is 13.7. The van der Waals surface area contributed by atoms with Crippen molar-refractivity contribution >= 4 is 28.6 Å². The van der Waals surface area contributed by atoms with E-state index in [1.54, 1.807) is 18.4 Å². The van der Waals surface area contributed by atoms with Crippen LogP contribution in [-0.2, 0) is 30.4 Å². The molecular weight excluding hydrogens is 411 g/mol. The Morgan fingerprint density at radius 3 is 2.70 bits per heavy atom. The normalized spacial score (nSPS) is 16.6. The molecule has 0 bridgehead atoms. The van der Waals surface area contributed by atoms with Gasteiger partial charge in [-0.2, -0.15) is 13.2 Å². The van der Waals surface area contributed by atoms with Crippen LogP contribution in [0.1, 0.15) is 35.2 Å². The van der Waals surface area contributed by atoms with Crippen LogP contribution in [0.3, 0.4) is 0 Å². The summed E-state index contributed by atoms with van der Waals surface area (Å²) in [5.74, 6) is -0.783. The monoisotopic (exact) mass is 433 g/mol. The van der Waals surface area contributed by atoms with Crippen molar-refractivity contribution in [3.63, 3.8) is 0 Å². The van der Waals surface area contributed by atoms with Crippen molar-refractivity contribution in [2.24, 2.45) is 5.92 Å². The van der Waals surface area contributed by atoms with Gasteiger partial charge >= 0.3 is 12.1 Å². The Morgan fingerprint density at radius 2 is 2.00 bits per heavy atom. The lowest BCUT2D eigenvalue weighted by atomic mass is 9.91. The summed E-state index contributed by atoms with van der Waals surface area (Å²) in [6.45, 7) is 0.583. The zero-order valence-corrected chi connectivity index (χ0v) is 17.3. The molecule has 1 aliphatic rings. The first-order valence-corrected chi connectivity index (χ1v) is 11.0. The molecule has 1 aliphatic heterocycles. The van der Waals surface area contributed by atoms with Gasteiger partial charge in [0.1, 0.15) is 0 Å². The van der Waals surface area contributed by atoms with E-state index in [0.29, 0.717) is 17.9 Å². The number of benzene rings is 2. The van der Waals surface area contributed by atoms with E-state index in [-0.39, 0.29) is 24.3 Å². The highest BCUT2D eigenvalue weighted by atomic mass is 32.2. The van der Waals surface area contributed by atoms with Gasteiger partial charge in [-0.15, -0.1) is 11.8 Å². The lowest BCUT2D eigenvalue weighted by molar-refractivity contribution is -0.139. The predicted octanol–water partition coefficient (Wildman–Crippen LogP) is 6.01. The van der Waals surface area contributed by atoms with Crippen molar-refractivity contribution in [3.05, 3.63) is 64.8 Å². The van der Waals surface area contributed by atoms with E-state index in [2.05, 4.69) is 4.57 Å². The molecule has 1 atom stereocenters. The molecule has 0 radical (unpaired) electrons. The quantitative estimate of drug-likeness (QED) is 0.501. The molecule has 2 aromatic carbocycles. The number of hydrogen-bond donors (Lipinski definition) is 1. The molecule has 0 saturated carbocycles. The van der Waals surface area contributed by atoms with Crippen LogP contribution in [0.25, 0.3) is 10.9 Å². The number of aromatic nitrogens is 1. The SMILES string of the molecule is CSc1ccc(Cc2c3n(c4ccccc24)CC(CC(=O)O)CC3)c(C(F)(F)F)c1. The summed E-state index contributed by atoms with van der Waals surface area (Å²) >= 11 is 1.29. The highest BCUT2D eigenvalue weighted by Crippen LogP contribution is 2.39. The van der Waals surface area contributed by atoms with Crippen LogP contribution < -0.4 is 0 Å². The topological polar surface area (TPSA) is 42.2 Å². The number of rotatable bonds is 5. The van der Waals surface area contributed by atoms with E-state index in [0.717, 1.165) is 28.6 Å². The third kappa shape index (κ3) is 3.95. The number of carbonyl (C=O) groups is 1. The maximum Gasteiger partial charge on any atom is 0.416 e. The highest BCUT2D eigenvalue weighted by Gasteiger charge is 2.34. The lowest BCUT2D eigenvalue weighted by Gasteiger charge is -2.25. The van der Waals surface area contributed by atoms with E-state index in [1.165, 1.54) is 17.8 Å². The molecule has 30 heavy (non-hydrogen) atoms. The number of carboxylic acid groups (broad SMARTS) is 1. The van der Waals surface area contributed by atoms with E-state index in [9.17, 15) is 18.0 Å². The summed E-state index contributed by atoms with van der Waals surface area (Å²) in [5, 5.41) is 10.1. The van der Waals surface area contributed by atoms with Gasteiger partial charge in [-0.3, -0.25) is 4.79 Å². The fourth-order valence-electron chi connectivity index (χ4n) is 4.51. The van der Waals surface area contributed by atoms with Crippen molar-refractivity contribution in [2.45, 2.75) is 43.3 Å². The predicted molar refractivity (Wildman–Crippen MR) is 112 cm³/mol. The van der Waals surface area contributed by atoms with Crippen molar-refractivity contribution in [2.75, 3.05) is 6.26 Å². The van der Waals surface area contributed by atoms with Gasteiger partial charge in [-0.1, -0.05) is 24.3 Å². The van der Waals surface area contributed by atoms with Crippen molar-refractivity contribution in [1.29, 1.82) is 0 Å². The van der Waals surface area contributed by atoms with Gasteiger partial charge in [0.2, 0.25) is 0 Å². The van der Waals surface area contributed by atoms with Crippen LogP contribution in [0.2, 0.25) is 0 Å².